The van der Waals surface area contributed by atoms with Crippen molar-refractivity contribution >= 4 is 29.0 Å². The van der Waals surface area contributed by atoms with Gasteiger partial charge in [0.2, 0.25) is 0 Å². The van der Waals surface area contributed by atoms with Crippen LogP contribution in [0.4, 0.5) is 8.78 Å². The molecule has 0 aliphatic carbocycles. The van der Waals surface area contributed by atoms with E-state index in [1.807, 2.05) is 0 Å². The number of hydrogen-bond donors (Lipinski definition) is 1. The average Bonchev–Trinajstić information content (AvgIpc) is 3.06. The molecule has 1 N–H and O–H groups in total. The molecule has 10 heteroatoms. The normalized spacial score (nSPS) is 17.6. The molecule has 0 amide bonds. The first-order valence-corrected chi connectivity index (χ1v) is 9.93. The first-order valence-electron chi connectivity index (χ1n) is 8.33. The Balaban J connectivity index is 2.03. The topological polar surface area (TPSA) is 72.3 Å². The molecule has 1 fully saturated rings. The zero-order chi connectivity index (χ0) is 19.1. The quantitative estimate of drug-likeness (QED) is 0.520. The zero-order valence-electron chi connectivity index (χ0n) is 14.3. The molecule has 0 radical (unpaired) electrons. The summed E-state index contributed by atoms with van der Waals surface area (Å²) in [6.45, 7) is 0.557. The highest BCUT2D eigenvalue weighted by molar-refractivity contribution is 7.98. The van der Waals surface area contributed by atoms with E-state index in [4.69, 9.17) is 16.3 Å². The van der Waals surface area contributed by atoms with Crippen LogP contribution >= 0.6 is 23.4 Å². The molecule has 6 nitrogen and oxygen atoms in total. The van der Waals surface area contributed by atoms with Gasteiger partial charge in [-0.3, -0.25) is 4.98 Å². The van der Waals surface area contributed by atoms with E-state index in [0.29, 0.717) is 29.4 Å². The molecular weight excluding hydrogens is 398 g/mol. The standard InChI is InChI=1S/C17H15ClF2N4O2S/c1-27-16-21-15-12(8-6-9(19)13(18)10(20)7-8)14(11-4-2-3-5-26-11)23-24(15)17(25)22-16/h6-7,11H,2-5H2,1H3,(H,21,22,25). The fourth-order valence-corrected chi connectivity index (χ4v) is 3.67. The van der Waals surface area contributed by atoms with E-state index in [1.165, 1.54) is 11.8 Å². The summed E-state index contributed by atoms with van der Waals surface area (Å²) in [4.78, 5) is 19.4. The van der Waals surface area contributed by atoms with Crippen LogP contribution in [0.5, 0.6) is 0 Å². The van der Waals surface area contributed by atoms with Crippen molar-refractivity contribution < 1.29 is 13.5 Å². The molecular formula is C17H15ClF2N4O2S. The van der Waals surface area contributed by atoms with Gasteiger partial charge in [-0.1, -0.05) is 23.4 Å². The molecule has 1 saturated heterocycles. The lowest BCUT2D eigenvalue weighted by molar-refractivity contribution is 0.0125. The Morgan fingerprint density at radius 2 is 2.07 bits per heavy atom. The highest BCUT2D eigenvalue weighted by atomic mass is 35.5. The van der Waals surface area contributed by atoms with Crippen LogP contribution in [0.1, 0.15) is 31.1 Å². The maximum Gasteiger partial charge on any atom is 0.350 e. The third-order valence-electron chi connectivity index (χ3n) is 4.45. The summed E-state index contributed by atoms with van der Waals surface area (Å²) in [6, 6.07) is 2.24. The van der Waals surface area contributed by atoms with E-state index in [-0.39, 0.29) is 17.3 Å². The lowest BCUT2D eigenvalue weighted by Gasteiger charge is -2.21. The van der Waals surface area contributed by atoms with Gasteiger partial charge >= 0.3 is 5.69 Å². The van der Waals surface area contributed by atoms with Gasteiger partial charge in [0.1, 0.15) is 28.5 Å². The summed E-state index contributed by atoms with van der Waals surface area (Å²) >= 11 is 6.87. The number of H-pyrrole nitrogens is 1. The first-order chi connectivity index (χ1) is 13.0. The highest BCUT2D eigenvalue weighted by Crippen LogP contribution is 2.38. The second-order valence-electron chi connectivity index (χ2n) is 6.16. The van der Waals surface area contributed by atoms with Gasteiger partial charge < -0.3 is 4.74 Å². The number of thioether (sulfide) groups is 1. The Labute approximate surface area is 161 Å². The van der Waals surface area contributed by atoms with Gasteiger partial charge in [-0.25, -0.2) is 18.6 Å². The lowest BCUT2D eigenvalue weighted by Crippen LogP contribution is -2.19. The van der Waals surface area contributed by atoms with Gasteiger partial charge in [0.15, 0.2) is 10.8 Å². The van der Waals surface area contributed by atoms with Crippen molar-refractivity contribution in [1.29, 1.82) is 0 Å². The minimum absolute atomic E-state index is 0.207. The monoisotopic (exact) mass is 412 g/mol. The Morgan fingerprint density at radius 3 is 2.70 bits per heavy atom. The second-order valence-corrected chi connectivity index (χ2v) is 7.33. The molecule has 1 aromatic carbocycles. The number of ether oxygens (including phenoxy) is 1. The number of nitrogens with zero attached hydrogens (tertiary/aromatic N) is 3. The predicted octanol–water partition coefficient (Wildman–Crippen LogP) is 3.98. The third kappa shape index (κ3) is 3.24. The van der Waals surface area contributed by atoms with Gasteiger partial charge in [0, 0.05) is 6.61 Å². The van der Waals surface area contributed by atoms with Gasteiger partial charge in [-0.2, -0.15) is 9.61 Å². The van der Waals surface area contributed by atoms with Gasteiger partial charge in [0.05, 0.1) is 5.56 Å². The van der Waals surface area contributed by atoms with Gasteiger partial charge in [0.25, 0.3) is 0 Å². The average molecular weight is 413 g/mol. The Morgan fingerprint density at radius 1 is 1.33 bits per heavy atom. The molecule has 1 unspecified atom stereocenters. The molecule has 1 atom stereocenters. The molecule has 3 aromatic rings. The SMILES string of the molecule is CSc1nc2c(-c3cc(F)c(Cl)c(F)c3)c(C3CCCCO3)nn2c(=O)[nH]1. The van der Waals surface area contributed by atoms with Crippen LogP contribution in [0.2, 0.25) is 5.02 Å². The molecule has 0 spiro atoms. The van der Waals surface area contributed by atoms with E-state index in [1.54, 1.807) is 6.26 Å². The molecule has 0 bridgehead atoms. The van der Waals surface area contributed by atoms with Crippen LogP contribution in [-0.4, -0.2) is 32.4 Å². The molecule has 4 rings (SSSR count). The van der Waals surface area contributed by atoms with Crippen LogP contribution in [0.25, 0.3) is 16.8 Å². The van der Waals surface area contributed by atoms with Gasteiger partial charge in [-0.05, 0) is 43.2 Å². The first kappa shape index (κ1) is 18.4. The lowest BCUT2D eigenvalue weighted by atomic mass is 9.98. The fraction of sp³-hybridized carbons (Fsp3) is 0.353. The van der Waals surface area contributed by atoms with Crippen molar-refractivity contribution in [3.63, 3.8) is 0 Å². The molecule has 0 saturated carbocycles. The van der Waals surface area contributed by atoms with E-state index in [2.05, 4.69) is 15.1 Å². The summed E-state index contributed by atoms with van der Waals surface area (Å²) in [5.74, 6) is -1.78. The minimum Gasteiger partial charge on any atom is -0.372 e. The molecule has 1 aliphatic rings. The number of hydrogen-bond acceptors (Lipinski definition) is 5. The van der Waals surface area contributed by atoms with E-state index >= 15 is 0 Å². The number of nitrogens with one attached hydrogen (secondary N) is 1. The number of halogens is 3. The molecule has 27 heavy (non-hydrogen) atoms. The molecule has 142 valence electrons. The van der Waals surface area contributed by atoms with Crippen LogP contribution < -0.4 is 5.69 Å². The van der Waals surface area contributed by atoms with Crippen molar-refractivity contribution in [3.05, 3.63) is 45.0 Å². The largest absolute Gasteiger partial charge is 0.372 e. The number of aromatic nitrogens is 4. The minimum atomic E-state index is -0.892. The van der Waals surface area contributed by atoms with Crippen LogP contribution in [0.15, 0.2) is 22.1 Å². The third-order valence-corrected chi connectivity index (χ3v) is 5.39. The van der Waals surface area contributed by atoms with Crippen molar-refractivity contribution in [2.75, 3.05) is 12.9 Å². The maximum atomic E-state index is 14.1. The Hall–Kier alpha value is -1.97. The smallest absolute Gasteiger partial charge is 0.350 e. The molecule has 1 aliphatic heterocycles. The van der Waals surface area contributed by atoms with Crippen LogP contribution in [0, 0.1) is 11.6 Å². The van der Waals surface area contributed by atoms with E-state index in [9.17, 15) is 13.6 Å². The molecule has 3 heterocycles. The number of aromatic amines is 1. The fourth-order valence-electron chi connectivity index (χ4n) is 3.19. The number of benzene rings is 1. The summed E-state index contributed by atoms with van der Waals surface area (Å²) in [7, 11) is 0. The molecule has 2 aromatic heterocycles. The summed E-state index contributed by atoms with van der Waals surface area (Å²) in [5, 5.41) is 4.16. The Bertz CT molecular complexity index is 1060. The second kappa shape index (κ2) is 7.21. The highest BCUT2D eigenvalue weighted by Gasteiger charge is 2.28. The van der Waals surface area contributed by atoms with Crippen molar-refractivity contribution in [3.8, 4) is 11.1 Å². The summed E-state index contributed by atoms with van der Waals surface area (Å²) in [6.07, 6.45) is 3.94. The van der Waals surface area contributed by atoms with Gasteiger partial charge in [-0.15, -0.1) is 0 Å². The van der Waals surface area contributed by atoms with Crippen molar-refractivity contribution in [2.45, 2.75) is 30.5 Å². The summed E-state index contributed by atoms with van der Waals surface area (Å²) < 4.78 is 35.1. The van der Waals surface area contributed by atoms with Crippen molar-refractivity contribution in [1.82, 2.24) is 19.6 Å². The Kier molecular flexibility index (Phi) is 4.92. The van der Waals surface area contributed by atoms with E-state index < -0.39 is 22.3 Å². The summed E-state index contributed by atoms with van der Waals surface area (Å²) in [5.41, 5.74) is 0.750. The number of rotatable bonds is 3. The number of fused-ring (bicyclic) bond motifs is 1. The van der Waals surface area contributed by atoms with Crippen molar-refractivity contribution in [2.24, 2.45) is 0 Å². The maximum absolute atomic E-state index is 14.1. The van der Waals surface area contributed by atoms with Crippen LogP contribution in [0.3, 0.4) is 0 Å². The zero-order valence-corrected chi connectivity index (χ0v) is 15.8. The van der Waals surface area contributed by atoms with E-state index in [0.717, 1.165) is 29.5 Å². The predicted molar refractivity (Wildman–Crippen MR) is 98.3 cm³/mol. The van der Waals surface area contributed by atoms with Crippen LogP contribution in [-0.2, 0) is 4.74 Å².